The van der Waals surface area contributed by atoms with E-state index in [1.807, 2.05) is 19.2 Å². The lowest BCUT2D eigenvalue weighted by atomic mass is 10.1. The van der Waals surface area contributed by atoms with Crippen molar-refractivity contribution >= 4 is 0 Å². The van der Waals surface area contributed by atoms with Crippen LogP contribution in [0.15, 0.2) is 49.6 Å². The summed E-state index contributed by atoms with van der Waals surface area (Å²) in [4.78, 5) is 2.30. The summed E-state index contributed by atoms with van der Waals surface area (Å²) >= 11 is 0. The summed E-state index contributed by atoms with van der Waals surface area (Å²) in [6, 6.07) is 9.18. The topological polar surface area (TPSA) is 15.3 Å². The summed E-state index contributed by atoms with van der Waals surface area (Å²) in [5, 5.41) is 3.25. The minimum absolute atomic E-state index is 0.400. The Morgan fingerprint density at radius 1 is 1.17 bits per heavy atom. The largest absolute Gasteiger partial charge is 0.313 e. The lowest BCUT2D eigenvalue weighted by Crippen LogP contribution is -2.23. The summed E-state index contributed by atoms with van der Waals surface area (Å²) in [7, 11) is 1.98. The molecule has 1 aromatic carbocycles. The fourth-order valence-electron chi connectivity index (χ4n) is 1.91. The van der Waals surface area contributed by atoms with Crippen LogP contribution in [-0.2, 0) is 6.54 Å². The van der Waals surface area contributed by atoms with E-state index in [2.05, 4.69) is 54.6 Å². The van der Waals surface area contributed by atoms with Gasteiger partial charge >= 0.3 is 0 Å². The van der Waals surface area contributed by atoms with Crippen molar-refractivity contribution in [1.29, 1.82) is 0 Å². The summed E-state index contributed by atoms with van der Waals surface area (Å²) in [6.07, 6.45) is 3.86. The van der Waals surface area contributed by atoms with Crippen LogP contribution < -0.4 is 5.32 Å². The molecule has 0 spiro atoms. The highest BCUT2D eigenvalue weighted by Crippen LogP contribution is 2.14. The maximum absolute atomic E-state index is 3.79. The molecule has 1 rings (SSSR count). The van der Waals surface area contributed by atoms with Gasteiger partial charge in [0.15, 0.2) is 0 Å². The second-order valence-electron chi connectivity index (χ2n) is 4.52. The molecular weight excluding hydrogens is 220 g/mol. The molecule has 1 unspecified atom stereocenters. The molecule has 1 N–H and O–H groups in total. The molecule has 0 saturated heterocycles. The standard InChI is InChI=1S/C16H24N2/c1-5-11-18(12-6-2)13-15-7-9-16(10-8-15)14(3)17-4/h5-10,14,17H,1-2,11-13H2,3-4H3. The lowest BCUT2D eigenvalue weighted by molar-refractivity contribution is 0.328. The van der Waals surface area contributed by atoms with Gasteiger partial charge in [-0.2, -0.15) is 0 Å². The van der Waals surface area contributed by atoms with Gasteiger partial charge in [-0.05, 0) is 25.1 Å². The predicted octanol–water partition coefficient (Wildman–Crippen LogP) is 3.14. The molecule has 0 bridgehead atoms. The SMILES string of the molecule is C=CCN(CC=C)Cc1ccc(C(C)NC)cc1. The molecule has 1 aromatic rings. The van der Waals surface area contributed by atoms with Crippen LogP contribution in [0.4, 0.5) is 0 Å². The molecule has 2 nitrogen and oxygen atoms in total. The molecule has 0 saturated carbocycles. The summed E-state index contributed by atoms with van der Waals surface area (Å²) in [6.45, 7) is 12.5. The van der Waals surface area contributed by atoms with Crippen molar-refractivity contribution in [2.24, 2.45) is 0 Å². The van der Waals surface area contributed by atoms with Crippen LogP contribution in [0.1, 0.15) is 24.1 Å². The van der Waals surface area contributed by atoms with Crippen molar-refractivity contribution in [3.8, 4) is 0 Å². The average Bonchev–Trinajstić information content (AvgIpc) is 2.39. The van der Waals surface area contributed by atoms with E-state index in [0.717, 1.165) is 19.6 Å². The van der Waals surface area contributed by atoms with Crippen molar-refractivity contribution in [3.05, 3.63) is 60.7 Å². The molecule has 0 radical (unpaired) electrons. The number of rotatable bonds is 8. The van der Waals surface area contributed by atoms with Gasteiger partial charge in [-0.3, -0.25) is 4.90 Å². The normalized spacial score (nSPS) is 12.4. The highest BCUT2D eigenvalue weighted by atomic mass is 15.1. The third-order valence-electron chi connectivity index (χ3n) is 3.09. The number of hydrogen-bond acceptors (Lipinski definition) is 2. The van der Waals surface area contributed by atoms with Crippen LogP contribution >= 0.6 is 0 Å². The summed E-state index contributed by atoms with van der Waals surface area (Å²) < 4.78 is 0. The molecule has 1 atom stereocenters. The van der Waals surface area contributed by atoms with Gasteiger partial charge in [0.1, 0.15) is 0 Å². The first-order chi connectivity index (χ1) is 8.71. The molecule has 0 fully saturated rings. The molecule has 98 valence electrons. The van der Waals surface area contributed by atoms with E-state index in [1.54, 1.807) is 0 Å². The van der Waals surface area contributed by atoms with E-state index >= 15 is 0 Å². The van der Waals surface area contributed by atoms with Crippen LogP contribution in [0, 0.1) is 0 Å². The first-order valence-electron chi connectivity index (χ1n) is 6.41. The van der Waals surface area contributed by atoms with E-state index in [4.69, 9.17) is 0 Å². The molecular formula is C16H24N2. The van der Waals surface area contributed by atoms with Crippen molar-refractivity contribution in [2.45, 2.75) is 19.5 Å². The van der Waals surface area contributed by atoms with Gasteiger partial charge in [0.2, 0.25) is 0 Å². The van der Waals surface area contributed by atoms with E-state index < -0.39 is 0 Å². The van der Waals surface area contributed by atoms with Crippen LogP contribution in [0.2, 0.25) is 0 Å². The Balaban J connectivity index is 2.66. The number of nitrogens with one attached hydrogen (secondary N) is 1. The molecule has 18 heavy (non-hydrogen) atoms. The molecule has 0 heterocycles. The monoisotopic (exact) mass is 244 g/mol. The fraction of sp³-hybridized carbons (Fsp3) is 0.375. The van der Waals surface area contributed by atoms with E-state index in [9.17, 15) is 0 Å². The zero-order valence-corrected chi connectivity index (χ0v) is 11.5. The highest BCUT2D eigenvalue weighted by Gasteiger charge is 2.04. The lowest BCUT2D eigenvalue weighted by Gasteiger charge is -2.19. The van der Waals surface area contributed by atoms with E-state index in [0.29, 0.717) is 6.04 Å². The molecule has 0 aliphatic heterocycles. The van der Waals surface area contributed by atoms with Crippen LogP contribution in [0.25, 0.3) is 0 Å². The van der Waals surface area contributed by atoms with Gasteiger partial charge in [-0.1, -0.05) is 36.4 Å². The first-order valence-corrected chi connectivity index (χ1v) is 6.41. The van der Waals surface area contributed by atoms with Crippen molar-refractivity contribution in [2.75, 3.05) is 20.1 Å². The fourth-order valence-corrected chi connectivity index (χ4v) is 1.91. The van der Waals surface area contributed by atoms with Gasteiger partial charge in [-0.25, -0.2) is 0 Å². The Morgan fingerprint density at radius 2 is 1.72 bits per heavy atom. The Hall–Kier alpha value is -1.38. The predicted molar refractivity (Wildman–Crippen MR) is 79.6 cm³/mol. The van der Waals surface area contributed by atoms with Crippen molar-refractivity contribution in [1.82, 2.24) is 10.2 Å². The number of benzene rings is 1. The van der Waals surface area contributed by atoms with Gasteiger partial charge < -0.3 is 5.32 Å². The highest BCUT2D eigenvalue weighted by molar-refractivity contribution is 5.24. The quantitative estimate of drug-likeness (QED) is 0.707. The molecule has 0 amide bonds. The smallest absolute Gasteiger partial charge is 0.0289 e. The van der Waals surface area contributed by atoms with Gasteiger partial charge in [0.05, 0.1) is 0 Å². The minimum Gasteiger partial charge on any atom is -0.313 e. The Bertz CT molecular complexity index is 357. The number of hydrogen-bond donors (Lipinski definition) is 1. The Kier molecular flexibility index (Phi) is 6.40. The maximum atomic E-state index is 3.79. The second-order valence-corrected chi connectivity index (χ2v) is 4.52. The molecule has 0 aromatic heterocycles. The van der Waals surface area contributed by atoms with Crippen LogP contribution in [-0.4, -0.2) is 25.0 Å². The summed E-state index contributed by atoms with van der Waals surface area (Å²) in [5.41, 5.74) is 2.64. The number of nitrogens with zero attached hydrogens (tertiary/aromatic N) is 1. The van der Waals surface area contributed by atoms with Gasteiger partial charge in [0, 0.05) is 25.7 Å². The third-order valence-corrected chi connectivity index (χ3v) is 3.09. The Labute approximate surface area is 111 Å². The molecule has 2 heteroatoms. The van der Waals surface area contributed by atoms with Crippen LogP contribution in [0.5, 0.6) is 0 Å². The van der Waals surface area contributed by atoms with Gasteiger partial charge in [-0.15, -0.1) is 13.2 Å². The molecule has 0 aliphatic rings. The van der Waals surface area contributed by atoms with Crippen LogP contribution in [0.3, 0.4) is 0 Å². The first kappa shape index (κ1) is 14.7. The van der Waals surface area contributed by atoms with Crippen molar-refractivity contribution < 1.29 is 0 Å². The zero-order valence-electron chi connectivity index (χ0n) is 11.5. The zero-order chi connectivity index (χ0) is 13.4. The summed E-state index contributed by atoms with van der Waals surface area (Å²) in [5.74, 6) is 0. The van der Waals surface area contributed by atoms with E-state index in [-0.39, 0.29) is 0 Å². The minimum atomic E-state index is 0.400. The Morgan fingerprint density at radius 3 is 2.17 bits per heavy atom. The average molecular weight is 244 g/mol. The molecule has 0 aliphatic carbocycles. The van der Waals surface area contributed by atoms with Crippen molar-refractivity contribution in [3.63, 3.8) is 0 Å². The van der Waals surface area contributed by atoms with E-state index in [1.165, 1.54) is 11.1 Å². The second kappa shape index (κ2) is 7.85. The van der Waals surface area contributed by atoms with Gasteiger partial charge in [0.25, 0.3) is 0 Å². The maximum Gasteiger partial charge on any atom is 0.0289 e. The third kappa shape index (κ3) is 4.47.